The predicted octanol–water partition coefficient (Wildman–Crippen LogP) is 4.19. The number of hydrogen-bond acceptors (Lipinski definition) is 3. The molecule has 1 N–H and O–H groups in total. The van der Waals surface area contributed by atoms with Crippen LogP contribution < -0.4 is 14.8 Å². The summed E-state index contributed by atoms with van der Waals surface area (Å²) in [5.41, 5.74) is 0.613. The average Bonchev–Trinajstić information content (AvgIpc) is 2.60. The van der Waals surface area contributed by atoms with Crippen molar-refractivity contribution in [1.29, 1.82) is 0 Å². The summed E-state index contributed by atoms with van der Waals surface area (Å²) >= 11 is 0. The Kier molecular flexibility index (Phi) is 6.37. The molecule has 0 fully saturated rings. The second kappa shape index (κ2) is 8.72. The van der Waals surface area contributed by atoms with Gasteiger partial charge in [0.15, 0.2) is 17.7 Å². The number of anilines is 1. The maximum absolute atomic E-state index is 13.6. The van der Waals surface area contributed by atoms with Crippen LogP contribution in [0.15, 0.2) is 61.2 Å². The van der Waals surface area contributed by atoms with Crippen LogP contribution in [0, 0.1) is 5.82 Å². The Morgan fingerprint density at radius 3 is 2.58 bits per heavy atom. The molecule has 5 heteroatoms. The molecule has 2 rings (SSSR count). The van der Waals surface area contributed by atoms with Crippen molar-refractivity contribution in [2.45, 2.75) is 19.4 Å². The van der Waals surface area contributed by atoms with E-state index in [0.29, 0.717) is 24.5 Å². The van der Waals surface area contributed by atoms with Gasteiger partial charge in [0.05, 0.1) is 0 Å². The van der Waals surface area contributed by atoms with Crippen molar-refractivity contribution in [3.8, 4) is 11.5 Å². The van der Waals surface area contributed by atoms with Gasteiger partial charge in [0, 0.05) is 5.69 Å². The van der Waals surface area contributed by atoms with E-state index in [1.54, 1.807) is 49.4 Å². The van der Waals surface area contributed by atoms with E-state index in [-0.39, 0.29) is 11.7 Å². The van der Waals surface area contributed by atoms with Crippen LogP contribution in [0.3, 0.4) is 0 Å². The number of amides is 1. The molecule has 0 saturated heterocycles. The summed E-state index contributed by atoms with van der Waals surface area (Å²) in [6.45, 7) is 5.80. The van der Waals surface area contributed by atoms with E-state index in [4.69, 9.17) is 9.47 Å². The number of hydrogen-bond donors (Lipinski definition) is 1. The Bertz CT molecular complexity index is 685. The summed E-state index contributed by atoms with van der Waals surface area (Å²) in [4.78, 5) is 12.3. The Morgan fingerprint density at radius 1 is 1.25 bits per heavy atom. The fourth-order valence-corrected chi connectivity index (χ4v) is 2.03. The molecule has 1 amide bonds. The predicted molar refractivity (Wildman–Crippen MR) is 91.9 cm³/mol. The molecule has 0 aromatic heterocycles. The molecule has 0 spiro atoms. The van der Waals surface area contributed by atoms with Crippen LogP contribution in [0.2, 0.25) is 0 Å². The lowest BCUT2D eigenvalue weighted by Crippen LogP contribution is -2.32. The zero-order chi connectivity index (χ0) is 17.4. The van der Waals surface area contributed by atoms with Gasteiger partial charge in [-0.05, 0) is 42.8 Å². The topological polar surface area (TPSA) is 47.6 Å². The molecule has 0 unspecified atom stereocenters. The first-order valence-electron chi connectivity index (χ1n) is 7.69. The third kappa shape index (κ3) is 4.84. The van der Waals surface area contributed by atoms with Crippen molar-refractivity contribution in [3.05, 3.63) is 67.0 Å². The second-order valence-corrected chi connectivity index (χ2v) is 5.06. The molecular weight excluding hydrogens is 309 g/mol. The van der Waals surface area contributed by atoms with Crippen LogP contribution in [-0.4, -0.2) is 18.6 Å². The number of rotatable bonds is 8. The average molecular weight is 329 g/mol. The Morgan fingerprint density at radius 2 is 1.96 bits per heavy atom. The molecule has 0 saturated carbocycles. The van der Waals surface area contributed by atoms with Crippen molar-refractivity contribution in [2.75, 3.05) is 11.9 Å². The summed E-state index contributed by atoms with van der Waals surface area (Å²) in [7, 11) is 0. The van der Waals surface area contributed by atoms with Crippen LogP contribution in [0.4, 0.5) is 10.1 Å². The first kappa shape index (κ1) is 17.5. The van der Waals surface area contributed by atoms with Crippen LogP contribution in [0.1, 0.15) is 13.3 Å². The summed E-state index contributed by atoms with van der Waals surface area (Å²) < 4.78 is 24.5. The van der Waals surface area contributed by atoms with Crippen LogP contribution in [0.5, 0.6) is 11.5 Å². The van der Waals surface area contributed by atoms with E-state index in [1.165, 1.54) is 12.1 Å². The molecule has 2 aromatic carbocycles. The molecule has 24 heavy (non-hydrogen) atoms. The van der Waals surface area contributed by atoms with Gasteiger partial charge in [-0.3, -0.25) is 4.79 Å². The number of halogens is 1. The van der Waals surface area contributed by atoms with Gasteiger partial charge >= 0.3 is 0 Å². The highest BCUT2D eigenvalue weighted by Gasteiger charge is 2.20. The maximum Gasteiger partial charge on any atom is 0.265 e. The van der Waals surface area contributed by atoms with E-state index in [0.717, 1.165) is 0 Å². The molecule has 4 nitrogen and oxygen atoms in total. The highest BCUT2D eigenvalue weighted by atomic mass is 19.1. The van der Waals surface area contributed by atoms with Gasteiger partial charge in [-0.15, -0.1) is 0 Å². The lowest BCUT2D eigenvalue weighted by atomic mass is 10.2. The zero-order valence-electron chi connectivity index (χ0n) is 13.5. The first-order chi connectivity index (χ1) is 11.6. The quantitative estimate of drug-likeness (QED) is 0.739. The largest absolute Gasteiger partial charge is 0.490 e. The summed E-state index contributed by atoms with van der Waals surface area (Å²) in [6, 6.07) is 13.0. The van der Waals surface area contributed by atoms with E-state index in [2.05, 4.69) is 11.9 Å². The van der Waals surface area contributed by atoms with Gasteiger partial charge in [-0.1, -0.05) is 31.7 Å². The normalized spacial score (nSPS) is 11.4. The number of carbonyl (C=O) groups excluding carboxylic acids is 1. The van der Waals surface area contributed by atoms with Crippen LogP contribution in [0.25, 0.3) is 0 Å². The molecule has 1 atom stereocenters. The first-order valence-corrected chi connectivity index (χ1v) is 7.69. The van der Waals surface area contributed by atoms with Gasteiger partial charge in [0.25, 0.3) is 5.91 Å². The van der Waals surface area contributed by atoms with Crippen molar-refractivity contribution in [3.63, 3.8) is 0 Å². The highest BCUT2D eigenvalue weighted by molar-refractivity contribution is 5.94. The molecule has 0 aliphatic rings. The molecule has 0 bridgehead atoms. The van der Waals surface area contributed by atoms with Gasteiger partial charge in [-0.25, -0.2) is 4.39 Å². The number of carbonyl (C=O) groups is 1. The summed E-state index contributed by atoms with van der Waals surface area (Å²) in [6.07, 6.45) is 1.29. The monoisotopic (exact) mass is 329 g/mol. The minimum Gasteiger partial charge on any atom is -0.490 e. The van der Waals surface area contributed by atoms with Gasteiger partial charge in [0.2, 0.25) is 0 Å². The van der Waals surface area contributed by atoms with E-state index >= 15 is 0 Å². The number of benzene rings is 2. The van der Waals surface area contributed by atoms with Gasteiger partial charge in [0.1, 0.15) is 12.4 Å². The lowest BCUT2D eigenvalue weighted by Gasteiger charge is -2.17. The fourth-order valence-electron chi connectivity index (χ4n) is 2.03. The molecule has 0 radical (unpaired) electrons. The molecule has 0 aliphatic carbocycles. The van der Waals surface area contributed by atoms with Crippen molar-refractivity contribution >= 4 is 11.6 Å². The van der Waals surface area contributed by atoms with Crippen LogP contribution in [-0.2, 0) is 4.79 Å². The van der Waals surface area contributed by atoms with Crippen molar-refractivity contribution in [1.82, 2.24) is 0 Å². The number of ether oxygens (including phenoxy) is 2. The van der Waals surface area contributed by atoms with Gasteiger partial charge in [-0.2, -0.15) is 0 Å². The SMILES string of the molecule is C=CCOc1ccc(NC(=O)[C@@H](CC)Oc2ccccc2F)cc1. The van der Waals surface area contributed by atoms with Gasteiger partial charge < -0.3 is 14.8 Å². The molecular formula is C19H20FNO3. The standard InChI is InChI=1S/C19H20FNO3/c1-3-13-23-15-11-9-14(10-12-15)21-19(22)17(4-2)24-18-8-6-5-7-16(18)20/h3,5-12,17H,1,4,13H2,2H3,(H,21,22)/t17-/m1/s1. The van der Waals surface area contributed by atoms with E-state index < -0.39 is 11.9 Å². The molecule has 0 heterocycles. The zero-order valence-corrected chi connectivity index (χ0v) is 13.5. The number of para-hydroxylation sites is 1. The molecule has 2 aromatic rings. The Balaban J connectivity index is 1.98. The second-order valence-electron chi connectivity index (χ2n) is 5.06. The van der Waals surface area contributed by atoms with Crippen molar-refractivity contribution in [2.24, 2.45) is 0 Å². The molecule has 126 valence electrons. The van der Waals surface area contributed by atoms with E-state index in [9.17, 15) is 9.18 Å². The highest BCUT2D eigenvalue weighted by Crippen LogP contribution is 2.20. The van der Waals surface area contributed by atoms with E-state index in [1.807, 2.05) is 0 Å². The smallest absolute Gasteiger partial charge is 0.265 e. The Labute approximate surface area is 140 Å². The fraction of sp³-hybridized carbons (Fsp3) is 0.211. The minimum absolute atomic E-state index is 0.0627. The molecule has 0 aliphatic heterocycles. The van der Waals surface area contributed by atoms with Crippen molar-refractivity contribution < 1.29 is 18.7 Å². The third-order valence-corrected chi connectivity index (χ3v) is 3.26. The summed E-state index contributed by atoms with van der Waals surface area (Å²) in [5, 5.41) is 2.75. The number of nitrogens with one attached hydrogen (secondary N) is 1. The maximum atomic E-state index is 13.6. The lowest BCUT2D eigenvalue weighted by molar-refractivity contribution is -0.122. The minimum atomic E-state index is -0.779. The third-order valence-electron chi connectivity index (χ3n) is 3.26. The van der Waals surface area contributed by atoms with Crippen LogP contribution >= 0.6 is 0 Å². The Hall–Kier alpha value is -2.82. The summed E-state index contributed by atoms with van der Waals surface area (Å²) in [5.74, 6) is -0.0804.